The van der Waals surface area contributed by atoms with E-state index in [0.717, 1.165) is 11.3 Å². The van der Waals surface area contributed by atoms with Crippen molar-refractivity contribution in [2.75, 3.05) is 11.9 Å². The van der Waals surface area contributed by atoms with Gasteiger partial charge in [0.15, 0.2) is 5.54 Å². The van der Waals surface area contributed by atoms with E-state index in [9.17, 15) is 9.90 Å². The van der Waals surface area contributed by atoms with Crippen LogP contribution >= 0.6 is 0 Å². The van der Waals surface area contributed by atoms with Gasteiger partial charge in [0.05, 0.1) is 6.61 Å². The van der Waals surface area contributed by atoms with E-state index in [1.165, 1.54) is 0 Å². The topological polar surface area (TPSA) is 58.6 Å². The number of hydrogen-bond acceptors (Lipinski definition) is 3. The van der Waals surface area contributed by atoms with E-state index in [2.05, 4.69) is 5.32 Å². The minimum Gasteiger partial charge on any atom is -0.493 e. The Morgan fingerprint density at radius 2 is 1.90 bits per heavy atom. The molecule has 2 aromatic rings. The fourth-order valence-corrected chi connectivity index (χ4v) is 2.74. The molecule has 0 saturated carbocycles. The van der Waals surface area contributed by atoms with Crippen molar-refractivity contribution in [3.63, 3.8) is 0 Å². The van der Waals surface area contributed by atoms with Crippen molar-refractivity contribution in [1.29, 1.82) is 0 Å². The molecule has 2 N–H and O–H groups in total. The first-order valence-corrected chi connectivity index (χ1v) is 6.93. The fourth-order valence-electron chi connectivity index (χ4n) is 2.74. The number of rotatable bonds is 3. The van der Waals surface area contributed by atoms with Crippen molar-refractivity contribution in [1.82, 2.24) is 0 Å². The molecule has 4 heteroatoms. The van der Waals surface area contributed by atoms with Gasteiger partial charge in [0.25, 0.3) is 0 Å². The van der Waals surface area contributed by atoms with Gasteiger partial charge in [-0.3, -0.25) is 0 Å². The van der Waals surface area contributed by atoms with E-state index < -0.39 is 11.5 Å². The highest BCUT2D eigenvalue weighted by Crippen LogP contribution is 2.40. The summed E-state index contributed by atoms with van der Waals surface area (Å²) >= 11 is 0. The summed E-state index contributed by atoms with van der Waals surface area (Å²) in [5.74, 6) is -0.256. The first kappa shape index (κ1) is 13.5. The molecule has 0 aromatic heterocycles. The van der Waals surface area contributed by atoms with Crippen LogP contribution in [0.3, 0.4) is 0 Å². The molecule has 0 aliphatic carbocycles. The third-order valence-electron chi connectivity index (χ3n) is 3.94. The molecule has 108 valence electrons. The number of carboxylic acids is 1. The summed E-state index contributed by atoms with van der Waals surface area (Å²) < 4.78 is 5.59. The largest absolute Gasteiger partial charge is 0.493 e. The quantitative estimate of drug-likeness (QED) is 0.908. The molecule has 0 saturated heterocycles. The molecule has 0 radical (unpaired) electrons. The number of aryl methyl sites for hydroxylation is 1. The number of carbonyl (C=O) groups is 1. The molecule has 0 amide bonds. The predicted molar refractivity (Wildman–Crippen MR) is 80.7 cm³/mol. The number of fused-ring (bicyclic) bond motifs is 1. The average Bonchev–Trinajstić information content (AvgIpc) is 2.49. The molecule has 0 fully saturated rings. The summed E-state index contributed by atoms with van der Waals surface area (Å²) in [5, 5.41) is 13.1. The van der Waals surface area contributed by atoms with E-state index in [1.807, 2.05) is 55.5 Å². The molecule has 1 heterocycles. The van der Waals surface area contributed by atoms with Gasteiger partial charge < -0.3 is 15.2 Å². The Hall–Kier alpha value is -2.49. The maximum Gasteiger partial charge on any atom is 0.334 e. The monoisotopic (exact) mass is 283 g/mol. The predicted octanol–water partition coefficient (Wildman–Crippen LogP) is 3.17. The average molecular weight is 283 g/mol. The van der Waals surface area contributed by atoms with Crippen LogP contribution in [0.5, 0.6) is 5.75 Å². The van der Waals surface area contributed by atoms with E-state index in [-0.39, 0.29) is 0 Å². The summed E-state index contributed by atoms with van der Waals surface area (Å²) in [7, 11) is 0. The van der Waals surface area contributed by atoms with E-state index in [0.29, 0.717) is 24.3 Å². The lowest BCUT2D eigenvalue weighted by Gasteiger charge is -2.37. The standard InChI is InChI=1S/C17H17NO3/c1-12-6-2-4-8-14(12)18-17(16(19)20)10-11-21-15-9-5-3-7-13(15)17/h2-9,18H,10-11H2,1H3,(H,19,20). The maximum atomic E-state index is 12.0. The van der Waals surface area contributed by atoms with Gasteiger partial charge in [0, 0.05) is 17.7 Å². The molecular weight excluding hydrogens is 266 g/mol. The van der Waals surface area contributed by atoms with Crippen LogP contribution in [0.4, 0.5) is 5.69 Å². The molecule has 0 bridgehead atoms. The van der Waals surface area contributed by atoms with Gasteiger partial charge in [-0.1, -0.05) is 36.4 Å². The fraction of sp³-hybridized carbons (Fsp3) is 0.235. The summed E-state index contributed by atoms with van der Waals surface area (Å²) in [6, 6.07) is 15.0. The molecule has 1 atom stereocenters. The molecule has 0 spiro atoms. The minimum absolute atomic E-state index is 0.377. The van der Waals surface area contributed by atoms with Crippen LogP contribution in [0, 0.1) is 6.92 Å². The number of para-hydroxylation sites is 2. The Morgan fingerprint density at radius 1 is 1.19 bits per heavy atom. The lowest BCUT2D eigenvalue weighted by molar-refractivity contribution is -0.143. The lowest BCUT2D eigenvalue weighted by atomic mass is 9.84. The lowest BCUT2D eigenvalue weighted by Crippen LogP contribution is -2.47. The third-order valence-corrected chi connectivity index (χ3v) is 3.94. The number of benzene rings is 2. The zero-order chi connectivity index (χ0) is 14.9. The molecule has 2 aromatic carbocycles. The van der Waals surface area contributed by atoms with Crippen LogP contribution in [-0.2, 0) is 10.3 Å². The van der Waals surface area contributed by atoms with Crippen molar-refractivity contribution < 1.29 is 14.6 Å². The first-order chi connectivity index (χ1) is 10.1. The number of anilines is 1. The number of nitrogens with one attached hydrogen (secondary N) is 1. The van der Waals surface area contributed by atoms with Gasteiger partial charge in [0.2, 0.25) is 0 Å². The van der Waals surface area contributed by atoms with Crippen LogP contribution in [0.25, 0.3) is 0 Å². The van der Waals surface area contributed by atoms with Crippen molar-refractivity contribution in [2.24, 2.45) is 0 Å². The van der Waals surface area contributed by atoms with Gasteiger partial charge in [-0.25, -0.2) is 4.79 Å². The minimum atomic E-state index is -1.15. The number of carboxylic acid groups (broad SMARTS) is 1. The zero-order valence-electron chi connectivity index (χ0n) is 11.8. The number of ether oxygens (including phenoxy) is 1. The number of hydrogen-bond donors (Lipinski definition) is 2. The second-order valence-corrected chi connectivity index (χ2v) is 5.25. The van der Waals surface area contributed by atoms with Gasteiger partial charge in [-0.15, -0.1) is 0 Å². The SMILES string of the molecule is Cc1ccccc1NC1(C(=O)O)CCOc2ccccc21. The Labute approximate surface area is 123 Å². The maximum absolute atomic E-state index is 12.0. The van der Waals surface area contributed by atoms with Crippen LogP contribution < -0.4 is 10.1 Å². The normalized spacial score (nSPS) is 20.2. The highest BCUT2D eigenvalue weighted by molar-refractivity contribution is 5.86. The molecule has 1 aliphatic heterocycles. The highest BCUT2D eigenvalue weighted by Gasteiger charge is 2.45. The summed E-state index contributed by atoms with van der Waals surface area (Å²) in [4.78, 5) is 12.0. The molecule has 3 rings (SSSR count). The van der Waals surface area contributed by atoms with Gasteiger partial charge in [-0.2, -0.15) is 0 Å². The highest BCUT2D eigenvalue weighted by atomic mass is 16.5. The van der Waals surface area contributed by atoms with E-state index >= 15 is 0 Å². The van der Waals surface area contributed by atoms with Crippen LogP contribution in [0.15, 0.2) is 48.5 Å². The van der Waals surface area contributed by atoms with Gasteiger partial charge in [0.1, 0.15) is 5.75 Å². The van der Waals surface area contributed by atoms with Crippen LogP contribution in [0.2, 0.25) is 0 Å². The molecule has 1 aliphatic rings. The third kappa shape index (κ3) is 2.23. The first-order valence-electron chi connectivity index (χ1n) is 6.93. The van der Waals surface area contributed by atoms with Crippen molar-refractivity contribution in [3.8, 4) is 5.75 Å². The van der Waals surface area contributed by atoms with Crippen molar-refractivity contribution >= 4 is 11.7 Å². The molecule has 21 heavy (non-hydrogen) atoms. The molecular formula is C17H17NO3. The van der Waals surface area contributed by atoms with Gasteiger partial charge in [-0.05, 0) is 24.6 Å². The van der Waals surface area contributed by atoms with Crippen molar-refractivity contribution in [2.45, 2.75) is 18.9 Å². The summed E-state index contributed by atoms with van der Waals surface area (Å²) in [6.45, 7) is 2.34. The Balaban J connectivity index is 2.11. The van der Waals surface area contributed by atoms with E-state index in [1.54, 1.807) is 0 Å². The summed E-state index contributed by atoms with van der Waals surface area (Å²) in [6.07, 6.45) is 0.383. The zero-order valence-corrected chi connectivity index (χ0v) is 11.8. The molecule has 4 nitrogen and oxygen atoms in total. The van der Waals surface area contributed by atoms with Crippen molar-refractivity contribution in [3.05, 3.63) is 59.7 Å². The van der Waals surface area contributed by atoms with Gasteiger partial charge >= 0.3 is 5.97 Å². The smallest absolute Gasteiger partial charge is 0.334 e. The summed E-state index contributed by atoms with van der Waals surface area (Å²) in [5.41, 5.74) is 1.37. The molecule has 1 unspecified atom stereocenters. The number of aliphatic carboxylic acids is 1. The van der Waals surface area contributed by atoms with Crippen LogP contribution in [-0.4, -0.2) is 17.7 Å². The Bertz CT molecular complexity index is 683. The Morgan fingerprint density at radius 3 is 2.67 bits per heavy atom. The second-order valence-electron chi connectivity index (χ2n) is 5.25. The Kier molecular flexibility index (Phi) is 3.29. The second kappa shape index (κ2) is 5.13. The van der Waals surface area contributed by atoms with Crippen LogP contribution in [0.1, 0.15) is 17.5 Å². The van der Waals surface area contributed by atoms with E-state index in [4.69, 9.17) is 4.74 Å².